The van der Waals surface area contributed by atoms with E-state index in [1.54, 1.807) is 38.5 Å². The highest BCUT2D eigenvalue weighted by molar-refractivity contribution is 4.92. The van der Waals surface area contributed by atoms with Crippen molar-refractivity contribution in [3.05, 3.63) is 0 Å². The summed E-state index contributed by atoms with van der Waals surface area (Å²) in [5, 5.41) is 0. The molecule has 0 amide bonds. The van der Waals surface area contributed by atoms with Crippen molar-refractivity contribution in [2.45, 2.75) is 51.4 Å². The lowest BCUT2D eigenvalue weighted by atomic mass is 9.56. The van der Waals surface area contributed by atoms with Crippen LogP contribution in [0.25, 0.3) is 0 Å². The SMILES string of the molecule is C1CC(C2CC(C3CCC3)C2)C1. The molecular weight excluding hydrogens is 144 g/mol. The van der Waals surface area contributed by atoms with E-state index in [2.05, 4.69) is 0 Å². The molecule has 3 aliphatic rings. The summed E-state index contributed by atoms with van der Waals surface area (Å²) < 4.78 is 0. The van der Waals surface area contributed by atoms with E-state index in [1.165, 1.54) is 36.5 Å². The van der Waals surface area contributed by atoms with E-state index in [1.807, 2.05) is 0 Å². The lowest BCUT2D eigenvalue weighted by Gasteiger charge is -2.49. The van der Waals surface area contributed by atoms with Crippen LogP contribution in [0.3, 0.4) is 0 Å². The highest BCUT2D eigenvalue weighted by atomic mass is 14.5. The van der Waals surface area contributed by atoms with Crippen LogP contribution in [0.15, 0.2) is 0 Å². The molecule has 0 heterocycles. The smallest absolute Gasteiger partial charge is 0.0380 e. The highest BCUT2D eigenvalue weighted by Gasteiger charge is 2.41. The van der Waals surface area contributed by atoms with Gasteiger partial charge in [0.15, 0.2) is 0 Å². The molecule has 3 rings (SSSR count). The molecule has 0 radical (unpaired) electrons. The molecule has 3 saturated carbocycles. The molecule has 3 aliphatic carbocycles. The summed E-state index contributed by atoms with van der Waals surface area (Å²) in [7, 11) is 0. The molecule has 0 unspecified atom stereocenters. The Bertz CT molecular complexity index is 141. The van der Waals surface area contributed by atoms with E-state index in [4.69, 9.17) is 0 Å². The maximum Gasteiger partial charge on any atom is -0.0380 e. The summed E-state index contributed by atoms with van der Waals surface area (Å²) in [6.45, 7) is 0. The standard InChI is InChI=1S/C12H20/c1-3-9(4-1)11-7-12(8-11)10-5-2-6-10/h9-12H,1-8H2. The van der Waals surface area contributed by atoms with E-state index < -0.39 is 0 Å². The van der Waals surface area contributed by atoms with E-state index in [0.717, 1.165) is 0 Å². The van der Waals surface area contributed by atoms with Crippen LogP contribution < -0.4 is 0 Å². The van der Waals surface area contributed by atoms with Crippen LogP contribution in [-0.4, -0.2) is 0 Å². The summed E-state index contributed by atoms with van der Waals surface area (Å²) in [5.74, 6) is 4.73. The first-order chi connectivity index (χ1) is 5.93. The third-order valence-electron chi connectivity index (χ3n) is 4.84. The third kappa shape index (κ3) is 1.03. The predicted octanol–water partition coefficient (Wildman–Crippen LogP) is 3.61. The minimum Gasteiger partial charge on any atom is -0.0528 e. The molecule has 68 valence electrons. The maximum absolute atomic E-state index is 1.62. The summed E-state index contributed by atoms with van der Waals surface area (Å²) in [4.78, 5) is 0. The van der Waals surface area contributed by atoms with Gasteiger partial charge in [-0.3, -0.25) is 0 Å². The van der Waals surface area contributed by atoms with Gasteiger partial charge in [-0.1, -0.05) is 38.5 Å². The van der Waals surface area contributed by atoms with E-state index in [0.29, 0.717) is 0 Å². The fourth-order valence-corrected chi connectivity index (χ4v) is 3.30. The first-order valence-electron chi connectivity index (χ1n) is 5.93. The molecule has 12 heavy (non-hydrogen) atoms. The van der Waals surface area contributed by atoms with Gasteiger partial charge < -0.3 is 0 Å². The van der Waals surface area contributed by atoms with Crippen LogP contribution in [0.4, 0.5) is 0 Å². The number of hydrogen-bond donors (Lipinski definition) is 0. The topological polar surface area (TPSA) is 0 Å². The Balaban J connectivity index is 1.44. The zero-order valence-electron chi connectivity index (χ0n) is 7.97. The fraction of sp³-hybridized carbons (Fsp3) is 1.00. The molecule has 0 saturated heterocycles. The Kier molecular flexibility index (Phi) is 1.70. The zero-order chi connectivity index (χ0) is 7.97. The quantitative estimate of drug-likeness (QED) is 0.585. The van der Waals surface area contributed by atoms with Gasteiger partial charge in [0.05, 0.1) is 0 Å². The fourth-order valence-electron chi connectivity index (χ4n) is 3.30. The average molecular weight is 164 g/mol. The molecule has 0 nitrogen and oxygen atoms in total. The zero-order valence-corrected chi connectivity index (χ0v) is 7.97. The molecule has 0 aliphatic heterocycles. The molecule has 0 spiro atoms. The Hall–Kier alpha value is 0. The van der Waals surface area contributed by atoms with Crippen LogP contribution >= 0.6 is 0 Å². The van der Waals surface area contributed by atoms with Gasteiger partial charge in [-0.2, -0.15) is 0 Å². The van der Waals surface area contributed by atoms with Gasteiger partial charge in [0.2, 0.25) is 0 Å². The average Bonchev–Trinajstić information content (AvgIpc) is 1.73. The molecular formula is C12H20. The molecule has 0 aromatic rings. The molecule has 0 atom stereocenters. The Morgan fingerprint density at radius 2 is 0.917 bits per heavy atom. The van der Waals surface area contributed by atoms with Gasteiger partial charge in [0.25, 0.3) is 0 Å². The second-order valence-electron chi connectivity index (χ2n) is 5.37. The van der Waals surface area contributed by atoms with Crippen molar-refractivity contribution in [2.24, 2.45) is 23.7 Å². The van der Waals surface area contributed by atoms with Crippen LogP contribution in [0.2, 0.25) is 0 Å². The van der Waals surface area contributed by atoms with Gasteiger partial charge in [-0.25, -0.2) is 0 Å². The Morgan fingerprint density at radius 3 is 1.17 bits per heavy atom. The molecule has 0 aromatic heterocycles. The monoisotopic (exact) mass is 164 g/mol. The minimum atomic E-state index is 1.18. The van der Waals surface area contributed by atoms with Gasteiger partial charge in [0, 0.05) is 0 Å². The lowest BCUT2D eigenvalue weighted by molar-refractivity contribution is 0.0156. The molecule has 0 bridgehead atoms. The second kappa shape index (κ2) is 2.75. The molecule has 3 fully saturated rings. The number of rotatable bonds is 2. The van der Waals surface area contributed by atoms with Gasteiger partial charge in [-0.15, -0.1) is 0 Å². The van der Waals surface area contributed by atoms with Crippen LogP contribution in [0.5, 0.6) is 0 Å². The van der Waals surface area contributed by atoms with Gasteiger partial charge >= 0.3 is 0 Å². The lowest BCUT2D eigenvalue weighted by Crippen LogP contribution is -2.39. The normalized spacial score (nSPS) is 43.0. The van der Waals surface area contributed by atoms with Gasteiger partial charge in [0.1, 0.15) is 0 Å². The van der Waals surface area contributed by atoms with Crippen molar-refractivity contribution in [1.82, 2.24) is 0 Å². The van der Waals surface area contributed by atoms with Crippen molar-refractivity contribution in [3.8, 4) is 0 Å². The maximum atomic E-state index is 1.62. The molecule has 0 N–H and O–H groups in total. The Labute approximate surface area is 75.7 Å². The molecule has 0 aromatic carbocycles. The van der Waals surface area contributed by atoms with Crippen LogP contribution in [0.1, 0.15) is 51.4 Å². The van der Waals surface area contributed by atoms with Crippen molar-refractivity contribution >= 4 is 0 Å². The summed E-state index contributed by atoms with van der Waals surface area (Å²) in [6, 6.07) is 0. The third-order valence-corrected chi connectivity index (χ3v) is 4.84. The van der Waals surface area contributed by atoms with Crippen LogP contribution in [0, 0.1) is 23.7 Å². The van der Waals surface area contributed by atoms with Crippen molar-refractivity contribution in [1.29, 1.82) is 0 Å². The molecule has 0 heteroatoms. The van der Waals surface area contributed by atoms with Crippen molar-refractivity contribution in [2.75, 3.05) is 0 Å². The summed E-state index contributed by atoms with van der Waals surface area (Å²) in [5.41, 5.74) is 0. The van der Waals surface area contributed by atoms with Crippen molar-refractivity contribution < 1.29 is 0 Å². The largest absolute Gasteiger partial charge is 0.0528 e. The van der Waals surface area contributed by atoms with E-state index in [-0.39, 0.29) is 0 Å². The Morgan fingerprint density at radius 1 is 0.500 bits per heavy atom. The second-order valence-corrected chi connectivity index (χ2v) is 5.37. The van der Waals surface area contributed by atoms with E-state index >= 15 is 0 Å². The predicted molar refractivity (Wildman–Crippen MR) is 50.9 cm³/mol. The first-order valence-corrected chi connectivity index (χ1v) is 5.93. The van der Waals surface area contributed by atoms with E-state index in [9.17, 15) is 0 Å². The van der Waals surface area contributed by atoms with Crippen molar-refractivity contribution in [3.63, 3.8) is 0 Å². The van der Waals surface area contributed by atoms with Crippen LogP contribution in [-0.2, 0) is 0 Å². The summed E-state index contributed by atoms with van der Waals surface area (Å²) >= 11 is 0. The summed E-state index contributed by atoms with van der Waals surface area (Å²) in [6.07, 6.45) is 12.6. The highest BCUT2D eigenvalue weighted by Crippen LogP contribution is 2.52. The van der Waals surface area contributed by atoms with Gasteiger partial charge in [-0.05, 0) is 36.5 Å². The first kappa shape index (κ1) is 7.41. The number of hydrogen-bond acceptors (Lipinski definition) is 0. The minimum absolute atomic E-state index is 1.18.